The lowest BCUT2D eigenvalue weighted by molar-refractivity contribution is -0.172. The Hall–Kier alpha value is -2.38. The van der Waals surface area contributed by atoms with Gasteiger partial charge in [0.25, 0.3) is 0 Å². The molecule has 0 fully saturated rings. The largest absolute Gasteiger partial charge is 0.465 e. The maximum Gasteiger partial charge on any atom is 0.323 e. The topological polar surface area (TPSA) is 105 Å². The Morgan fingerprint density at radius 1 is 0.571 bits per heavy atom. The molecule has 0 aromatic rings. The lowest BCUT2D eigenvalue weighted by Crippen LogP contribution is -2.40. The van der Waals surface area contributed by atoms with Crippen LogP contribution in [0, 0.1) is 10.8 Å². The van der Waals surface area contributed by atoms with Crippen molar-refractivity contribution in [2.45, 2.75) is 54.4 Å². The van der Waals surface area contributed by atoms with E-state index >= 15 is 0 Å². The average Bonchev–Trinajstić information content (AvgIpc) is 2.65. The lowest BCUT2D eigenvalue weighted by atomic mass is 9.84. The molecule has 0 bridgehead atoms. The van der Waals surface area contributed by atoms with Crippen LogP contribution in [-0.4, -0.2) is 50.3 Å². The maximum atomic E-state index is 12.3. The van der Waals surface area contributed by atoms with Crippen molar-refractivity contribution in [2.75, 3.05) is 26.4 Å². The van der Waals surface area contributed by atoms with Crippen molar-refractivity contribution < 1.29 is 38.1 Å². The summed E-state index contributed by atoms with van der Waals surface area (Å²) in [5, 5.41) is 0. The number of allylic oxidation sites excluding steroid dienone is 2. The van der Waals surface area contributed by atoms with Crippen molar-refractivity contribution in [3.8, 4) is 0 Å². The van der Waals surface area contributed by atoms with E-state index in [9.17, 15) is 19.2 Å². The summed E-state index contributed by atoms with van der Waals surface area (Å²) in [4.78, 5) is 49.0. The van der Waals surface area contributed by atoms with Crippen LogP contribution in [0.5, 0.6) is 0 Å². The third-order valence-corrected chi connectivity index (χ3v) is 4.12. The van der Waals surface area contributed by atoms with E-state index in [2.05, 4.69) is 0 Å². The van der Waals surface area contributed by atoms with Crippen LogP contribution in [0.15, 0.2) is 12.2 Å². The van der Waals surface area contributed by atoms with Crippen LogP contribution >= 0.6 is 0 Å². The first-order valence-corrected chi connectivity index (χ1v) is 9.47. The number of esters is 4. The molecule has 28 heavy (non-hydrogen) atoms. The molecule has 0 saturated heterocycles. The molecule has 0 aliphatic heterocycles. The van der Waals surface area contributed by atoms with E-state index in [4.69, 9.17) is 18.9 Å². The fourth-order valence-corrected chi connectivity index (χ4v) is 2.30. The van der Waals surface area contributed by atoms with Gasteiger partial charge in [0, 0.05) is 0 Å². The molecule has 0 atom stereocenters. The first-order chi connectivity index (χ1) is 13.1. The van der Waals surface area contributed by atoms with E-state index in [1.165, 1.54) is 13.8 Å². The molecule has 0 rings (SSSR count). The summed E-state index contributed by atoms with van der Waals surface area (Å²) >= 11 is 0. The zero-order chi connectivity index (χ0) is 21.8. The quantitative estimate of drug-likeness (QED) is 0.213. The highest BCUT2D eigenvalue weighted by atomic mass is 16.6. The molecule has 8 heteroatoms. The Morgan fingerprint density at radius 2 is 0.786 bits per heavy atom. The third-order valence-electron chi connectivity index (χ3n) is 4.12. The van der Waals surface area contributed by atoms with Gasteiger partial charge >= 0.3 is 23.9 Å². The summed E-state index contributed by atoms with van der Waals surface area (Å²) in [6, 6.07) is 0. The van der Waals surface area contributed by atoms with E-state index in [0.29, 0.717) is 0 Å². The number of rotatable bonds is 12. The van der Waals surface area contributed by atoms with Crippen LogP contribution < -0.4 is 0 Å². The molecule has 0 spiro atoms. The second-order valence-electron chi connectivity index (χ2n) is 6.43. The van der Waals surface area contributed by atoms with Gasteiger partial charge < -0.3 is 18.9 Å². The number of carbonyl (C=O) groups is 4. The molecule has 0 aliphatic rings. The Kier molecular flexibility index (Phi) is 11.1. The number of ether oxygens (including phenoxy) is 4. The van der Waals surface area contributed by atoms with Crippen molar-refractivity contribution in [3.63, 3.8) is 0 Å². The van der Waals surface area contributed by atoms with Crippen molar-refractivity contribution >= 4 is 23.9 Å². The van der Waals surface area contributed by atoms with Crippen molar-refractivity contribution in [3.05, 3.63) is 12.2 Å². The summed E-state index contributed by atoms with van der Waals surface area (Å²) in [5.74, 6) is -2.79. The molecule has 0 aromatic heterocycles. The van der Waals surface area contributed by atoms with Gasteiger partial charge in [-0.15, -0.1) is 0 Å². The molecule has 0 amide bonds. The lowest BCUT2D eigenvalue weighted by Gasteiger charge is -2.25. The molecule has 0 aromatic carbocycles. The molecule has 0 N–H and O–H groups in total. The van der Waals surface area contributed by atoms with Gasteiger partial charge in [0.2, 0.25) is 0 Å². The number of hydrogen-bond donors (Lipinski definition) is 0. The predicted molar refractivity (Wildman–Crippen MR) is 101 cm³/mol. The minimum absolute atomic E-state index is 0.00754. The third kappa shape index (κ3) is 6.65. The first kappa shape index (κ1) is 25.6. The number of hydrogen-bond acceptors (Lipinski definition) is 8. The highest BCUT2D eigenvalue weighted by Gasteiger charge is 2.45. The predicted octanol–water partition coefficient (Wildman–Crippen LogP) is 2.59. The SMILES string of the molecule is CCOC(=O)C(C)(C/C=C/CC(C)(C(=O)OCC)C(=O)OCC)C(=O)OCC. The summed E-state index contributed by atoms with van der Waals surface area (Å²) in [6.07, 6.45) is 3.08. The molecular formula is C20H32O8. The Balaban J connectivity index is 5.41. The number of carbonyl (C=O) groups excluding carboxylic acids is 4. The van der Waals surface area contributed by atoms with Gasteiger partial charge in [0.05, 0.1) is 26.4 Å². The van der Waals surface area contributed by atoms with Crippen molar-refractivity contribution in [1.82, 2.24) is 0 Å². The van der Waals surface area contributed by atoms with Gasteiger partial charge in [0.15, 0.2) is 10.8 Å². The Morgan fingerprint density at radius 3 is 0.964 bits per heavy atom. The maximum absolute atomic E-state index is 12.3. The van der Waals surface area contributed by atoms with Crippen LogP contribution in [0.2, 0.25) is 0 Å². The average molecular weight is 400 g/mol. The second kappa shape index (κ2) is 12.2. The summed E-state index contributed by atoms with van der Waals surface area (Å²) < 4.78 is 20.0. The van der Waals surface area contributed by atoms with Gasteiger partial charge in [-0.2, -0.15) is 0 Å². The van der Waals surface area contributed by atoms with E-state index in [-0.39, 0.29) is 39.3 Å². The van der Waals surface area contributed by atoms with Crippen LogP contribution in [0.25, 0.3) is 0 Å². The minimum atomic E-state index is -1.52. The normalized spacial score (nSPS) is 11.8. The summed E-state index contributed by atoms with van der Waals surface area (Å²) in [5.41, 5.74) is -3.04. The van der Waals surface area contributed by atoms with Crippen LogP contribution in [0.4, 0.5) is 0 Å². The standard InChI is InChI=1S/C20H32O8/c1-7-25-15(21)19(5,16(22)26-8-2)13-11-12-14-20(6,17(23)27-9-3)18(24)28-10-4/h11-12H,7-10,13-14H2,1-6H3/b12-11+. The smallest absolute Gasteiger partial charge is 0.323 e. The van der Waals surface area contributed by atoms with Crippen LogP contribution in [0.1, 0.15) is 54.4 Å². The van der Waals surface area contributed by atoms with E-state index in [1.807, 2.05) is 0 Å². The fraction of sp³-hybridized carbons (Fsp3) is 0.700. The molecule has 0 radical (unpaired) electrons. The van der Waals surface area contributed by atoms with Gasteiger partial charge in [-0.3, -0.25) is 19.2 Å². The van der Waals surface area contributed by atoms with Gasteiger partial charge in [-0.05, 0) is 54.4 Å². The van der Waals surface area contributed by atoms with Gasteiger partial charge in [-0.1, -0.05) is 12.2 Å². The van der Waals surface area contributed by atoms with Crippen LogP contribution in [0.3, 0.4) is 0 Å². The van der Waals surface area contributed by atoms with Crippen molar-refractivity contribution in [2.24, 2.45) is 10.8 Å². The van der Waals surface area contributed by atoms with Crippen molar-refractivity contribution in [1.29, 1.82) is 0 Å². The fourth-order valence-electron chi connectivity index (χ4n) is 2.30. The molecule has 0 unspecified atom stereocenters. The summed E-state index contributed by atoms with van der Waals surface area (Å²) in [6.45, 7) is 9.94. The molecule has 160 valence electrons. The monoisotopic (exact) mass is 400 g/mol. The van der Waals surface area contributed by atoms with E-state index < -0.39 is 34.7 Å². The Bertz CT molecular complexity index is 493. The molecule has 0 saturated carbocycles. The van der Waals surface area contributed by atoms with Gasteiger partial charge in [0.1, 0.15) is 0 Å². The zero-order valence-corrected chi connectivity index (χ0v) is 17.7. The molecule has 0 aliphatic carbocycles. The second-order valence-corrected chi connectivity index (χ2v) is 6.43. The first-order valence-electron chi connectivity index (χ1n) is 9.47. The molecule has 0 heterocycles. The highest BCUT2D eigenvalue weighted by Crippen LogP contribution is 2.29. The molecule has 8 nitrogen and oxygen atoms in total. The minimum Gasteiger partial charge on any atom is -0.465 e. The van der Waals surface area contributed by atoms with E-state index in [1.54, 1.807) is 39.8 Å². The summed E-state index contributed by atoms with van der Waals surface area (Å²) in [7, 11) is 0. The van der Waals surface area contributed by atoms with Gasteiger partial charge in [-0.25, -0.2) is 0 Å². The zero-order valence-electron chi connectivity index (χ0n) is 17.7. The molecular weight excluding hydrogens is 368 g/mol. The highest BCUT2D eigenvalue weighted by molar-refractivity contribution is 6.00. The van der Waals surface area contributed by atoms with E-state index in [0.717, 1.165) is 0 Å². The van der Waals surface area contributed by atoms with Crippen LogP contribution in [-0.2, 0) is 38.1 Å². The Labute approximate surface area is 166 Å².